The standard InChI is InChI=1S/C32H27FN4O3S2/c1-40-25-15-13-24(14-16-25)37-32-29(30(35-37)22-6-3-2-4-7-22)31(26-8-5-17-41-26)42-20-28(39)36(32)19-27(38)34-18-21-9-11-23(33)12-10-21/h2-17,31H,18-20H2,1H3,(H,34,38)/t31-/m0/s1. The first-order chi connectivity index (χ1) is 20.5. The van der Waals surface area contributed by atoms with Gasteiger partial charge in [-0.25, -0.2) is 9.07 Å². The van der Waals surface area contributed by atoms with E-state index in [-0.39, 0.29) is 41.7 Å². The quantitative estimate of drug-likeness (QED) is 0.229. The summed E-state index contributed by atoms with van der Waals surface area (Å²) in [6.45, 7) is 0.0222. The number of nitrogens with zero attached hydrogens (tertiary/aromatic N) is 3. The van der Waals surface area contributed by atoms with Gasteiger partial charge in [-0.1, -0.05) is 48.5 Å². The van der Waals surface area contributed by atoms with E-state index >= 15 is 0 Å². The van der Waals surface area contributed by atoms with Gasteiger partial charge in [-0.3, -0.25) is 14.5 Å². The highest BCUT2D eigenvalue weighted by atomic mass is 32.2. The average Bonchev–Trinajstić information content (AvgIpc) is 3.67. The summed E-state index contributed by atoms with van der Waals surface area (Å²) in [7, 11) is 1.61. The van der Waals surface area contributed by atoms with Crippen molar-refractivity contribution in [2.24, 2.45) is 0 Å². The molecule has 1 atom stereocenters. The average molecular weight is 599 g/mol. The van der Waals surface area contributed by atoms with E-state index in [4.69, 9.17) is 9.84 Å². The first-order valence-corrected chi connectivity index (χ1v) is 15.2. The zero-order valence-electron chi connectivity index (χ0n) is 22.7. The topological polar surface area (TPSA) is 76.5 Å². The number of hydrogen-bond donors (Lipinski definition) is 1. The van der Waals surface area contributed by atoms with Crippen molar-refractivity contribution in [3.63, 3.8) is 0 Å². The second-order valence-electron chi connectivity index (χ2n) is 9.65. The third-order valence-corrected chi connectivity index (χ3v) is 9.28. The number of thiophene rings is 1. The minimum Gasteiger partial charge on any atom is -0.497 e. The Kier molecular flexibility index (Phi) is 8.07. The molecule has 7 nitrogen and oxygen atoms in total. The van der Waals surface area contributed by atoms with E-state index in [0.717, 1.165) is 32.9 Å². The number of carbonyl (C=O) groups excluding carboxylic acids is 2. The van der Waals surface area contributed by atoms with Crippen molar-refractivity contribution in [1.29, 1.82) is 0 Å². The molecule has 0 spiro atoms. The minimum atomic E-state index is -0.341. The van der Waals surface area contributed by atoms with Crippen molar-refractivity contribution in [2.75, 3.05) is 24.3 Å². The van der Waals surface area contributed by atoms with Gasteiger partial charge in [-0.05, 0) is 53.4 Å². The lowest BCUT2D eigenvalue weighted by Crippen LogP contribution is -2.42. The summed E-state index contributed by atoms with van der Waals surface area (Å²) < 4.78 is 20.5. The van der Waals surface area contributed by atoms with E-state index < -0.39 is 0 Å². The molecule has 0 saturated carbocycles. The van der Waals surface area contributed by atoms with Gasteiger partial charge >= 0.3 is 0 Å². The van der Waals surface area contributed by atoms with Crippen LogP contribution in [0.5, 0.6) is 5.75 Å². The molecule has 1 aliphatic heterocycles. The van der Waals surface area contributed by atoms with Crippen molar-refractivity contribution < 1.29 is 18.7 Å². The number of hydrogen-bond acceptors (Lipinski definition) is 6. The van der Waals surface area contributed by atoms with Crippen LogP contribution in [-0.4, -0.2) is 41.0 Å². The van der Waals surface area contributed by atoms with Crippen LogP contribution in [0.3, 0.4) is 0 Å². The van der Waals surface area contributed by atoms with Crippen molar-refractivity contribution in [1.82, 2.24) is 15.1 Å². The van der Waals surface area contributed by atoms with Gasteiger partial charge in [-0.2, -0.15) is 5.10 Å². The molecular formula is C32H27FN4O3S2. The number of anilines is 1. The van der Waals surface area contributed by atoms with Crippen molar-refractivity contribution >= 4 is 40.7 Å². The van der Waals surface area contributed by atoms with Crippen LogP contribution in [0.15, 0.2) is 96.4 Å². The third kappa shape index (κ3) is 5.68. The van der Waals surface area contributed by atoms with Crippen LogP contribution in [0.4, 0.5) is 10.2 Å². The van der Waals surface area contributed by atoms with Crippen LogP contribution in [0, 0.1) is 5.82 Å². The fourth-order valence-corrected chi connectivity index (χ4v) is 7.07. The first-order valence-electron chi connectivity index (χ1n) is 13.3. The van der Waals surface area contributed by atoms with Crippen molar-refractivity contribution in [3.8, 4) is 22.7 Å². The van der Waals surface area contributed by atoms with E-state index in [1.54, 1.807) is 40.2 Å². The lowest BCUT2D eigenvalue weighted by atomic mass is 10.0. The summed E-state index contributed by atoms with van der Waals surface area (Å²) in [4.78, 5) is 29.7. The zero-order chi connectivity index (χ0) is 29.1. The van der Waals surface area contributed by atoms with Gasteiger partial charge in [0.05, 0.1) is 29.5 Å². The van der Waals surface area contributed by atoms with Gasteiger partial charge < -0.3 is 10.1 Å². The number of benzene rings is 3. The van der Waals surface area contributed by atoms with Crippen LogP contribution >= 0.6 is 23.1 Å². The summed E-state index contributed by atoms with van der Waals surface area (Å²) in [5.74, 6) is 0.587. The summed E-state index contributed by atoms with van der Waals surface area (Å²) in [6, 6.07) is 27.4. The fraction of sp³-hybridized carbons (Fsp3) is 0.156. The lowest BCUT2D eigenvalue weighted by Gasteiger charge is -2.23. The second kappa shape index (κ2) is 12.2. The molecule has 212 valence electrons. The number of amides is 2. The number of methoxy groups -OCH3 is 1. The van der Waals surface area contributed by atoms with Gasteiger partial charge in [0.2, 0.25) is 11.8 Å². The molecule has 6 rings (SSSR count). The predicted molar refractivity (Wildman–Crippen MR) is 165 cm³/mol. The smallest absolute Gasteiger partial charge is 0.240 e. The van der Waals surface area contributed by atoms with E-state index in [2.05, 4.69) is 11.4 Å². The van der Waals surface area contributed by atoms with Gasteiger partial charge in [0.25, 0.3) is 0 Å². The van der Waals surface area contributed by atoms with Crippen LogP contribution in [0.25, 0.3) is 16.9 Å². The third-order valence-electron chi connectivity index (χ3n) is 6.96. The predicted octanol–water partition coefficient (Wildman–Crippen LogP) is 6.23. The SMILES string of the molecule is COc1ccc(-n2nc(-c3ccccc3)c3c2N(CC(=O)NCc2ccc(F)cc2)C(=O)CS[C@H]3c2cccs2)cc1. The number of aromatic nitrogens is 2. The van der Waals surface area contributed by atoms with Crippen LogP contribution in [0.2, 0.25) is 0 Å². The van der Waals surface area contributed by atoms with Crippen molar-refractivity contribution in [2.45, 2.75) is 11.8 Å². The minimum absolute atomic E-state index is 0.168. The molecule has 1 aliphatic rings. The Labute approximate surface area is 250 Å². The Morgan fingerprint density at radius 1 is 1.02 bits per heavy atom. The molecular weight excluding hydrogens is 572 g/mol. The largest absolute Gasteiger partial charge is 0.497 e. The molecule has 1 N–H and O–H groups in total. The van der Waals surface area contributed by atoms with Gasteiger partial charge in [0, 0.05) is 22.5 Å². The number of fused-ring (bicyclic) bond motifs is 1. The molecule has 0 unspecified atom stereocenters. The highest BCUT2D eigenvalue weighted by molar-refractivity contribution is 8.00. The number of nitrogens with one attached hydrogen (secondary N) is 1. The number of rotatable bonds is 8. The maximum Gasteiger partial charge on any atom is 0.240 e. The van der Waals surface area contributed by atoms with E-state index in [0.29, 0.717) is 11.6 Å². The molecule has 0 saturated heterocycles. The normalized spacial score (nSPS) is 14.8. The maximum absolute atomic E-state index is 13.8. The number of thioether (sulfide) groups is 1. The fourth-order valence-electron chi connectivity index (χ4n) is 4.90. The van der Waals surface area contributed by atoms with Crippen LogP contribution in [0.1, 0.15) is 21.3 Å². The van der Waals surface area contributed by atoms with Crippen LogP contribution in [-0.2, 0) is 16.1 Å². The maximum atomic E-state index is 13.8. The summed E-state index contributed by atoms with van der Waals surface area (Å²) >= 11 is 3.17. The second-order valence-corrected chi connectivity index (χ2v) is 11.7. The molecule has 42 heavy (non-hydrogen) atoms. The highest BCUT2D eigenvalue weighted by Gasteiger charge is 2.38. The monoisotopic (exact) mass is 598 g/mol. The molecule has 3 aromatic carbocycles. The molecule has 0 fully saturated rings. The Morgan fingerprint density at radius 3 is 2.48 bits per heavy atom. The number of carbonyl (C=O) groups is 2. The molecule has 0 aliphatic carbocycles. The molecule has 2 aromatic heterocycles. The van der Waals surface area contributed by atoms with Gasteiger partial charge in [0.1, 0.15) is 23.9 Å². The Hall–Kier alpha value is -4.41. The van der Waals surface area contributed by atoms with Gasteiger partial charge in [-0.15, -0.1) is 23.1 Å². The Balaban J connectivity index is 1.47. The highest BCUT2D eigenvalue weighted by Crippen LogP contribution is 2.49. The van der Waals surface area contributed by atoms with E-state index in [9.17, 15) is 14.0 Å². The Morgan fingerprint density at radius 2 is 1.79 bits per heavy atom. The first kappa shape index (κ1) is 27.7. The molecule has 10 heteroatoms. The lowest BCUT2D eigenvalue weighted by molar-refractivity contribution is -0.123. The molecule has 5 aromatic rings. The number of halogens is 1. The molecule has 0 bridgehead atoms. The van der Waals surface area contributed by atoms with Crippen LogP contribution < -0.4 is 15.0 Å². The zero-order valence-corrected chi connectivity index (χ0v) is 24.3. The van der Waals surface area contributed by atoms with Crippen molar-refractivity contribution in [3.05, 3.63) is 118 Å². The molecule has 3 heterocycles. The summed E-state index contributed by atoms with van der Waals surface area (Å²) in [5, 5.41) is 9.83. The van der Waals surface area contributed by atoms with E-state index in [1.165, 1.54) is 23.9 Å². The summed E-state index contributed by atoms with van der Waals surface area (Å²) in [6.07, 6.45) is 0. The Bertz CT molecular complexity index is 1690. The van der Waals surface area contributed by atoms with Gasteiger partial charge in [0.15, 0.2) is 0 Å². The molecule has 2 amide bonds. The number of ether oxygens (including phenoxy) is 1. The summed E-state index contributed by atoms with van der Waals surface area (Å²) in [5.41, 5.74) is 4.03. The van der Waals surface area contributed by atoms with E-state index in [1.807, 2.05) is 66.0 Å². The molecule has 0 radical (unpaired) electrons.